The minimum Gasteiger partial charge on any atom is -0.367 e. The van der Waals surface area contributed by atoms with E-state index in [0.717, 1.165) is 17.7 Å². The van der Waals surface area contributed by atoms with Crippen molar-refractivity contribution < 1.29 is 8.91 Å². The molecule has 0 spiro atoms. The van der Waals surface area contributed by atoms with Gasteiger partial charge in [-0.3, -0.25) is 4.68 Å². The fourth-order valence-electron chi connectivity index (χ4n) is 2.40. The standard InChI is InChI=1S/C15H15FN4O/c1-3-12-11(8-20(2)18-12)14-13(15(17)21-19-14)9-5-4-6-10(16)7-9/h4-8H,3,17H2,1-2H3. The zero-order valence-corrected chi connectivity index (χ0v) is 11.8. The smallest absolute Gasteiger partial charge is 0.230 e. The monoisotopic (exact) mass is 286 g/mol. The van der Waals surface area contributed by atoms with E-state index in [4.69, 9.17) is 10.3 Å². The zero-order chi connectivity index (χ0) is 15.0. The molecule has 0 saturated heterocycles. The molecule has 6 heteroatoms. The summed E-state index contributed by atoms with van der Waals surface area (Å²) in [4.78, 5) is 0. The molecule has 0 saturated carbocycles. The van der Waals surface area contributed by atoms with Gasteiger partial charge in [-0.25, -0.2) is 4.39 Å². The summed E-state index contributed by atoms with van der Waals surface area (Å²) in [6, 6.07) is 6.20. The van der Waals surface area contributed by atoms with Crippen LogP contribution in [0.25, 0.3) is 22.4 Å². The summed E-state index contributed by atoms with van der Waals surface area (Å²) in [6.07, 6.45) is 2.62. The van der Waals surface area contributed by atoms with Crippen molar-refractivity contribution >= 4 is 5.88 Å². The number of nitrogen functional groups attached to an aromatic ring is 1. The quantitative estimate of drug-likeness (QED) is 0.803. The van der Waals surface area contributed by atoms with E-state index in [0.29, 0.717) is 16.8 Å². The summed E-state index contributed by atoms with van der Waals surface area (Å²) < 4.78 is 20.3. The van der Waals surface area contributed by atoms with Gasteiger partial charge in [0.2, 0.25) is 5.88 Å². The molecule has 2 aromatic heterocycles. The van der Waals surface area contributed by atoms with Crippen molar-refractivity contribution in [1.82, 2.24) is 14.9 Å². The Hall–Kier alpha value is -2.63. The first kappa shape index (κ1) is 13.4. The van der Waals surface area contributed by atoms with Crippen LogP contribution >= 0.6 is 0 Å². The molecule has 0 unspecified atom stereocenters. The molecule has 2 heterocycles. The van der Waals surface area contributed by atoms with Crippen molar-refractivity contribution in [3.8, 4) is 22.4 Å². The van der Waals surface area contributed by atoms with Crippen molar-refractivity contribution in [2.24, 2.45) is 7.05 Å². The Morgan fingerprint density at radius 2 is 2.19 bits per heavy atom. The van der Waals surface area contributed by atoms with Crippen LogP contribution in [0.15, 0.2) is 35.0 Å². The third-order valence-corrected chi connectivity index (χ3v) is 3.33. The van der Waals surface area contributed by atoms with E-state index in [1.54, 1.807) is 16.8 Å². The molecule has 0 fully saturated rings. The second kappa shape index (κ2) is 5.05. The third-order valence-electron chi connectivity index (χ3n) is 3.33. The second-order valence-electron chi connectivity index (χ2n) is 4.80. The van der Waals surface area contributed by atoms with Crippen LogP contribution < -0.4 is 5.73 Å². The molecule has 21 heavy (non-hydrogen) atoms. The highest BCUT2D eigenvalue weighted by atomic mass is 19.1. The number of nitrogens with two attached hydrogens (primary N) is 1. The van der Waals surface area contributed by atoms with Crippen LogP contribution in [-0.4, -0.2) is 14.9 Å². The molecule has 108 valence electrons. The molecular formula is C15H15FN4O. The van der Waals surface area contributed by atoms with Gasteiger partial charge in [-0.2, -0.15) is 5.10 Å². The van der Waals surface area contributed by atoms with Gasteiger partial charge >= 0.3 is 0 Å². The molecule has 1 aromatic carbocycles. The largest absolute Gasteiger partial charge is 0.367 e. The van der Waals surface area contributed by atoms with E-state index in [1.807, 2.05) is 20.2 Å². The zero-order valence-electron chi connectivity index (χ0n) is 11.8. The summed E-state index contributed by atoms with van der Waals surface area (Å²) in [6.45, 7) is 2.01. The molecule has 0 radical (unpaired) electrons. The molecule has 0 aliphatic rings. The van der Waals surface area contributed by atoms with Crippen molar-refractivity contribution in [2.45, 2.75) is 13.3 Å². The van der Waals surface area contributed by atoms with Crippen LogP contribution in [0, 0.1) is 5.82 Å². The molecule has 2 N–H and O–H groups in total. The number of rotatable bonds is 3. The Morgan fingerprint density at radius 3 is 2.90 bits per heavy atom. The molecule has 3 aromatic rings. The molecule has 0 aliphatic carbocycles. The van der Waals surface area contributed by atoms with Gasteiger partial charge < -0.3 is 10.3 Å². The lowest BCUT2D eigenvalue weighted by atomic mass is 10.0. The van der Waals surface area contributed by atoms with E-state index >= 15 is 0 Å². The van der Waals surface area contributed by atoms with Crippen LogP contribution in [0.3, 0.4) is 0 Å². The Bertz CT molecular complexity index is 791. The summed E-state index contributed by atoms with van der Waals surface area (Å²) in [5, 5.41) is 8.43. The third kappa shape index (κ3) is 2.29. The topological polar surface area (TPSA) is 69.9 Å². The summed E-state index contributed by atoms with van der Waals surface area (Å²) in [5.74, 6) is -0.164. The Labute approximate surface area is 121 Å². The lowest BCUT2D eigenvalue weighted by Crippen LogP contribution is -1.91. The number of benzene rings is 1. The SMILES string of the molecule is CCc1nn(C)cc1-c1noc(N)c1-c1cccc(F)c1. The Balaban J connectivity index is 2.21. The van der Waals surface area contributed by atoms with Gasteiger partial charge in [0.05, 0.1) is 11.3 Å². The van der Waals surface area contributed by atoms with Gasteiger partial charge in [0, 0.05) is 18.8 Å². The lowest BCUT2D eigenvalue weighted by molar-refractivity contribution is 0.439. The Morgan fingerprint density at radius 1 is 1.38 bits per heavy atom. The Kier molecular flexibility index (Phi) is 3.21. The van der Waals surface area contributed by atoms with E-state index in [2.05, 4.69) is 10.3 Å². The average Bonchev–Trinajstić information content (AvgIpc) is 3.01. The van der Waals surface area contributed by atoms with E-state index in [9.17, 15) is 4.39 Å². The van der Waals surface area contributed by atoms with E-state index in [1.165, 1.54) is 12.1 Å². The minimum absolute atomic E-state index is 0.168. The fourth-order valence-corrected chi connectivity index (χ4v) is 2.40. The van der Waals surface area contributed by atoms with Crippen LogP contribution in [0.2, 0.25) is 0 Å². The molecule has 5 nitrogen and oxygen atoms in total. The van der Waals surface area contributed by atoms with Crippen molar-refractivity contribution in [3.05, 3.63) is 42.0 Å². The summed E-state index contributed by atoms with van der Waals surface area (Å²) >= 11 is 0. The van der Waals surface area contributed by atoms with Crippen LogP contribution in [0.4, 0.5) is 10.3 Å². The maximum Gasteiger partial charge on any atom is 0.230 e. The molecule has 0 aliphatic heterocycles. The van der Waals surface area contributed by atoms with Crippen LogP contribution in [-0.2, 0) is 13.5 Å². The number of hydrogen-bond acceptors (Lipinski definition) is 4. The number of aromatic nitrogens is 3. The number of halogens is 1. The van der Waals surface area contributed by atoms with E-state index < -0.39 is 0 Å². The maximum atomic E-state index is 13.5. The molecule has 0 atom stereocenters. The van der Waals surface area contributed by atoms with Crippen LogP contribution in [0.1, 0.15) is 12.6 Å². The number of anilines is 1. The maximum absolute atomic E-state index is 13.5. The molecular weight excluding hydrogens is 271 g/mol. The first-order chi connectivity index (χ1) is 10.1. The number of aryl methyl sites for hydroxylation is 2. The van der Waals surface area contributed by atoms with Crippen molar-refractivity contribution in [2.75, 3.05) is 5.73 Å². The van der Waals surface area contributed by atoms with E-state index in [-0.39, 0.29) is 11.7 Å². The minimum atomic E-state index is -0.332. The predicted molar refractivity (Wildman–Crippen MR) is 77.9 cm³/mol. The van der Waals surface area contributed by atoms with Crippen molar-refractivity contribution in [3.63, 3.8) is 0 Å². The van der Waals surface area contributed by atoms with Gasteiger partial charge in [0.25, 0.3) is 0 Å². The van der Waals surface area contributed by atoms with Crippen LogP contribution in [0.5, 0.6) is 0 Å². The van der Waals surface area contributed by atoms with Crippen molar-refractivity contribution in [1.29, 1.82) is 0 Å². The first-order valence-corrected chi connectivity index (χ1v) is 6.64. The fraction of sp³-hybridized carbons (Fsp3) is 0.200. The lowest BCUT2D eigenvalue weighted by Gasteiger charge is -2.02. The highest BCUT2D eigenvalue weighted by Gasteiger charge is 2.21. The summed E-state index contributed by atoms with van der Waals surface area (Å²) in [5.41, 5.74) is 9.43. The molecule has 0 bridgehead atoms. The normalized spacial score (nSPS) is 11.0. The average molecular weight is 286 g/mol. The van der Waals surface area contributed by atoms with Gasteiger partial charge in [-0.15, -0.1) is 0 Å². The highest BCUT2D eigenvalue weighted by Crippen LogP contribution is 2.37. The van der Waals surface area contributed by atoms with Gasteiger partial charge in [-0.05, 0) is 24.1 Å². The molecule has 3 rings (SSSR count). The predicted octanol–water partition coefficient (Wildman–Crippen LogP) is 3.03. The van der Waals surface area contributed by atoms with Gasteiger partial charge in [0.1, 0.15) is 11.5 Å². The highest BCUT2D eigenvalue weighted by molar-refractivity contribution is 5.87. The summed E-state index contributed by atoms with van der Waals surface area (Å²) in [7, 11) is 1.84. The van der Waals surface area contributed by atoms with Gasteiger partial charge in [-0.1, -0.05) is 24.2 Å². The number of hydrogen-bond donors (Lipinski definition) is 1. The second-order valence-corrected chi connectivity index (χ2v) is 4.80. The molecule has 0 amide bonds. The number of nitrogens with zero attached hydrogens (tertiary/aromatic N) is 3. The van der Waals surface area contributed by atoms with Gasteiger partial charge in [0.15, 0.2) is 0 Å². The first-order valence-electron chi connectivity index (χ1n) is 6.64.